The second-order valence-corrected chi connectivity index (χ2v) is 19.3. The first-order chi connectivity index (χ1) is 24.0. The fraction of sp³-hybridized carbons (Fsp3) is 0.698. The lowest BCUT2D eigenvalue weighted by atomic mass is 9.33. The molecule has 1 aromatic carbocycles. The summed E-state index contributed by atoms with van der Waals surface area (Å²) in [6, 6.07) is 5.35. The second kappa shape index (κ2) is 12.6. The van der Waals surface area contributed by atoms with Crippen LogP contribution in [0.5, 0.6) is 0 Å². The van der Waals surface area contributed by atoms with E-state index < -0.39 is 40.3 Å². The van der Waals surface area contributed by atoms with Crippen LogP contribution >= 0.6 is 0 Å². The van der Waals surface area contributed by atoms with Gasteiger partial charge in [-0.05, 0) is 141 Å². The molecule has 8 atom stereocenters. The number of nitrogens with one attached hydrogen (secondary N) is 1. The van der Waals surface area contributed by atoms with Gasteiger partial charge in [-0.25, -0.2) is 4.39 Å². The van der Waals surface area contributed by atoms with E-state index in [1.165, 1.54) is 24.3 Å². The van der Waals surface area contributed by atoms with Gasteiger partial charge in [-0.15, -0.1) is 0 Å². The maximum atomic E-state index is 14.4. The number of amides is 1. The number of fused-ring (bicyclic) bond motifs is 7. The van der Waals surface area contributed by atoms with Crippen molar-refractivity contribution in [3.05, 3.63) is 41.2 Å². The van der Waals surface area contributed by atoms with Crippen LogP contribution in [0.1, 0.15) is 127 Å². The lowest BCUT2D eigenvalue weighted by molar-refractivity contribution is -0.233. The van der Waals surface area contributed by atoms with Crippen molar-refractivity contribution < 1.29 is 38.2 Å². The van der Waals surface area contributed by atoms with E-state index in [0.717, 1.165) is 49.7 Å². The molecule has 284 valence electrons. The molecule has 2 unspecified atom stereocenters. The third-order valence-electron chi connectivity index (χ3n) is 15.6. The molecule has 52 heavy (non-hydrogen) atoms. The molecular weight excluding hydrogens is 661 g/mol. The second-order valence-electron chi connectivity index (χ2n) is 19.3. The summed E-state index contributed by atoms with van der Waals surface area (Å²) in [5, 5.41) is 12.3. The molecule has 1 aromatic rings. The van der Waals surface area contributed by atoms with Gasteiger partial charge < -0.3 is 15.2 Å². The molecule has 5 aliphatic rings. The molecule has 4 fully saturated rings. The molecule has 9 heteroatoms. The van der Waals surface area contributed by atoms with E-state index >= 15 is 0 Å². The Morgan fingerprint density at radius 2 is 1.56 bits per heavy atom. The zero-order valence-corrected chi connectivity index (χ0v) is 32.5. The highest BCUT2D eigenvalue weighted by Crippen LogP contribution is 2.76. The number of anilines is 1. The Morgan fingerprint density at radius 1 is 0.904 bits per heavy atom. The van der Waals surface area contributed by atoms with Gasteiger partial charge in [0.2, 0.25) is 5.78 Å². The molecule has 0 radical (unpaired) electrons. The maximum Gasteiger partial charge on any atom is 0.309 e. The van der Waals surface area contributed by atoms with E-state index in [-0.39, 0.29) is 64.1 Å². The standard InChI is InChI=1S/C43H58FNO7/c1-24(2)33-28(46)22-43(35(48)36(49)45-26-12-10-25(44)11-13-26)21-20-41(8)27(34(33)43)14-15-30-40(7)18-17-31(52-32(47)23-38(3,4)37(50)51)39(5,6)29(40)16-19-42(30,41)9/h10-13,24,27,29-31H,14-23H2,1-9H3,(H,45,49)(H,50,51)/t27-,29?,30-,31+,40?,41-,42-,43-/m1/s1. The Bertz CT molecular complexity index is 1730. The van der Waals surface area contributed by atoms with Crippen molar-refractivity contribution in [3.8, 4) is 0 Å². The summed E-state index contributed by atoms with van der Waals surface area (Å²) in [5.41, 5.74) is -1.05. The van der Waals surface area contributed by atoms with Gasteiger partial charge in [0.25, 0.3) is 5.91 Å². The fourth-order valence-electron chi connectivity index (χ4n) is 12.7. The summed E-state index contributed by atoms with van der Waals surface area (Å²) in [6.07, 6.45) is 6.00. The number of ether oxygens (including phenoxy) is 1. The van der Waals surface area contributed by atoms with Gasteiger partial charge in [0.1, 0.15) is 11.9 Å². The average molecular weight is 720 g/mol. The first-order valence-electron chi connectivity index (χ1n) is 19.4. The number of rotatable bonds is 8. The van der Waals surface area contributed by atoms with Crippen molar-refractivity contribution in [2.45, 2.75) is 133 Å². The third kappa shape index (κ3) is 5.61. The fourth-order valence-corrected chi connectivity index (χ4v) is 12.7. The van der Waals surface area contributed by atoms with Crippen molar-refractivity contribution in [3.63, 3.8) is 0 Å². The van der Waals surface area contributed by atoms with Gasteiger partial charge in [0.15, 0.2) is 5.78 Å². The number of carboxylic acid groups (broad SMARTS) is 1. The highest BCUT2D eigenvalue weighted by Gasteiger charge is 2.71. The summed E-state index contributed by atoms with van der Waals surface area (Å²) in [4.78, 5) is 66.8. The monoisotopic (exact) mass is 719 g/mol. The van der Waals surface area contributed by atoms with Crippen molar-refractivity contribution in [1.29, 1.82) is 0 Å². The van der Waals surface area contributed by atoms with Crippen LogP contribution in [0, 0.1) is 62.0 Å². The largest absolute Gasteiger partial charge is 0.481 e. The predicted octanol–water partition coefficient (Wildman–Crippen LogP) is 8.73. The van der Waals surface area contributed by atoms with E-state index in [1.807, 2.05) is 13.8 Å². The topological polar surface area (TPSA) is 127 Å². The number of aliphatic carboxylic acids is 1. The van der Waals surface area contributed by atoms with Gasteiger partial charge >= 0.3 is 11.9 Å². The zero-order valence-electron chi connectivity index (χ0n) is 32.5. The number of halogens is 1. The Labute approximate surface area is 308 Å². The number of hydrogen-bond acceptors (Lipinski definition) is 6. The number of Topliss-reactive ketones (excluding diaryl/α,β-unsaturated/α-hetero) is 2. The quantitative estimate of drug-likeness (QED) is 0.203. The van der Waals surface area contributed by atoms with E-state index in [1.54, 1.807) is 13.8 Å². The first-order valence-corrected chi connectivity index (χ1v) is 19.4. The molecule has 4 saturated carbocycles. The number of allylic oxidation sites excluding steroid dienone is 2. The van der Waals surface area contributed by atoms with E-state index in [2.05, 4.69) is 39.9 Å². The van der Waals surface area contributed by atoms with Crippen LogP contribution in [0.4, 0.5) is 10.1 Å². The lowest BCUT2D eigenvalue weighted by Crippen LogP contribution is -2.66. The molecule has 8 nitrogen and oxygen atoms in total. The Balaban J connectivity index is 1.30. The number of carbonyl (C=O) groups is 5. The minimum absolute atomic E-state index is 0.0167. The van der Waals surface area contributed by atoms with Crippen LogP contribution in [-0.2, 0) is 28.7 Å². The summed E-state index contributed by atoms with van der Waals surface area (Å²) in [7, 11) is 0. The Morgan fingerprint density at radius 3 is 2.17 bits per heavy atom. The molecule has 5 aliphatic carbocycles. The normalized spacial score (nSPS) is 36.6. The zero-order chi connectivity index (χ0) is 38.4. The van der Waals surface area contributed by atoms with Gasteiger partial charge in [-0.2, -0.15) is 0 Å². The van der Waals surface area contributed by atoms with Gasteiger partial charge in [-0.3, -0.25) is 24.0 Å². The lowest BCUT2D eigenvalue weighted by Gasteiger charge is -2.72. The van der Waals surface area contributed by atoms with Crippen LogP contribution < -0.4 is 5.32 Å². The summed E-state index contributed by atoms with van der Waals surface area (Å²) in [5.74, 6) is -2.72. The van der Waals surface area contributed by atoms with E-state index in [4.69, 9.17) is 4.74 Å². The number of ketones is 2. The van der Waals surface area contributed by atoms with E-state index in [9.17, 15) is 33.5 Å². The molecule has 6 rings (SSSR count). The summed E-state index contributed by atoms with van der Waals surface area (Å²) < 4.78 is 19.7. The molecule has 0 saturated heterocycles. The molecule has 2 N–H and O–H groups in total. The molecule has 1 amide bonds. The molecule has 0 bridgehead atoms. The van der Waals surface area contributed by atoms with Crippen molar-refractivity contribution in [2.75, 3.05) is 5.32 Å². The molecular formula is C43H58FNO7. The van der Waals surface area contributed by atoms with Gasteiger partial charge in [0.05, 0.1) is 17.3 Å². The minimum Gasteiger partial charge on any atom is -0.481 e. The first kappa shape index (κ1) is 38.4. The highest BCUT2D eigenvalue weighted by atomic mass is 19.1. The van der Waals surface area contributed by atoms with Crippen LogP contribution in [0.15, 0.2) is 35.4 Å². The predicted molar refractivity (Wildman–Crippen MR) is 195 cm³/mol. The number of benzene rings is 1. The highest BCUT2D eigenvalue weighted by molar-refractivity contribution is 6.44. The van der Waals surface area contributed by atoms with Crippen LogP contribution in [0.2, 0.25) is 0 Å². The summed E-state index contributed by atoms with van der Waals surface area (Å²) >= 11 is 0. The molecule has 0 aliphatic heterocycles. The van der Waals surface area contributed by atoms with Crippen molar-refractivity contribution in [1.82, 2.24) is 0 Å². The molecule has 0 spiro atoms. The Hall–Kier alpha value is -3.36. The SMILES string of the molecule is CC(C)C1=C2[C@H]3CC[C@@H]4C5(C)CC[C@H](OC(=O)CC(C)(C)C(=O)O)C(C)(C)C5CC[C@@]4(C)[C@]3(C)CC[C@@]2(C(=O)C(=O)Nc2ccc(F)cc2)CC1=O. The minimum atomic E-state index is -1.20. The average Bonchev–Trinajstić information content (AvgIpc) is 3.36. The van der Waals surface area contributed by atoms with E-state index in [0.29, 0.717) is 24.4 Å². The van der Waals surface area contributed by atoms with Crippen LogP contribution in [0.3, 0.4) is 0 Å². The maximum absolute atomic E-state index is 14.4. The number of hydrogen-bond donors (Lipinski definition) is 2. The smallest absolute Gasteiger partial charge is 0.309 e. The third-order valence-corrected chi connectivity index (χ3v) is 15.6. The van der Waals surface area contributed by atoms with Crippen molar-refractivity contribution >= 4 is 35.1 Å². The van der Waals surface area contributed by atoms with Gasteiger partial charge in [0, 0.05) is 17.5 Å². The Kier molecular flexibility index (Phi) is 9.31. The van der Waals surface area contributed by atoms with Crippen LogP contribution in [-0.4, -0.2) is 40.6 Å². The molecule has 0 heterocycles. The number of esters is 1. The van der Waals surface area contributed by atoms with Crippen molar-refractivity contribution in [2.24, 2.45) is 56.2 Å². The molecule has 0 aromatic heterocycles. The van der Waals surface area contributed by atoms with Crippen LogP contribution in [0.25, 0.3) is 0 Å². The number of carboxylic acids is 1. The summed E-state index contributed by atoms with van der Waals surface area (Å²) in [6.45, 7) is 18.8. The van der Waals surface area contributed by atoms with Gasteiger partial charge in [-0.1, -0.05) is 48.5 Å². The number of carbonyl (C=O) groups excluding carboxylic acids is 4.